The number of hydrogen-bond donors (Lipinski definition) is 1. The van der Waals surface area contributed by atoms with Gasteiger partial charge in [0.2, 0.25) is 11.7 Å². The molecule has 1 N–H and O–H groups in total. The summed E-state index contributed by atoms with van der Waals surface area (Å²) in [5.74, 6) is 1.44. The van der Waals surface area contributed by atoms with Crippen LogP contribution in [0.2, 0.25) is 0 Å². The van der Waals surface area contributed by atoms with Crippen LogP contribution in [0.15, 0.2) is 35.4 Å². The SMILES string of the molecule is COc1cc(/C=N\NC(=O)Cc2cccc3c2CCCC3)cc(OC)c1OC. The molecule has 3 rings (SSSR count). The molecule has 0 unspecified atom stereocenters. The number of methoxy groups -OCH3 is 3. The third kappa shape index (κ3) is 4.44. The maximum atomic E-state index is 12.3. The van der Waals surface area contributed by atoms with Gasteiger partial charge >= 0.3 is 0 Å². The van der Waals surface area contributed by atoms with Crippen molar-refractivity contribution in [3.8, 4) is 17.2 Å². The number of fused-ring (bicyclic) bond motifs is 1. The average Bonchev–Trinajstić information content (AvgIpc) is 2.73. The first-order chi connectivity index (χ1) is 13.7. The largest absolute Gasteiger partial charge is 0.493 e. The number of rotatable bonds is 7. The Morgan fingerprint density at radius 1 is 1.07 bits per heavy atom. The number of ether oxygens (including phenoxy) is 3. The fraction of sp³-hybridized carbons (Fsp3) is 0.364. The molecule has 2 aromatic rings. The van der Waals surface area contributed by atoms with E-state index in [-0.39, 0.29) is 5.91 Å². The van der Waals surface area contributed by atoms with Gasteiger partial charge in [-0.05, 0) is 54.5 Å². The molecule has 0 aromatic heterocycles. The summed E-state index contributed by atoms with van der Waals surface area (Å²) >= 11 is 0. The van der Waals surface area contributed by atoms with Crippen LogP contribution in [0.3, 0.4) is 0 Å². The highest BCUT2D eigenvalue weighted by molar-refractivity contribution is 5.85. The van der Waals surface area contributed by atoms with E-state index in [1.165, 1.54) is 24.0 Å². The standard InChI is InChI=1S/C22H26N2O4/c1-26-19-11-15(12-20(27-2)22(19)28-3)14-23-24-21(25)13-17-9-6-8-16-7-4-5-10-18(16)17/h6,8-9,11-12,14H,4-5,7,10,13H2,1-3H3,(H,24,25)/b23-14-. The summed E-state index contributed by atoms with van der Waals surface area (Å²) in [5, 5.41) is 4.08. The van der Waals surface area contributed by atoms with E-state index >= 15 is 0 Å². The quantitative estimate of drug-likeness (QED) is 0.589. The Morgan fingerprint density at radius 3 is 2.46 bits per heavy atom. The van der Waals surface area contributed by atoms with Crippen molar-refractivity contribution < 1.29 is 19.0 Å². The predicted octanol–water partition coefficient (Wildman–Crippen LogP) is 3.28. The summed E-state index contributed by atoms with van der Waals surface area (Å²) in [5.41, 5.74) is 7.13. The first-order valence-electron chi connectivity index (χ1n) is 9.37. The highest BCUT2D eigenvalue weighted by atomic mass is 16.5. The van der Waals surface area contributed by atoms with Gasteiger partial charge in [-0.2, -0.15) is 5.10 Å². The van der Waals surface area contributed by atoms with Crippen molar-refractivity contribution in [2.45, 2.75) is 32.1 Å². The second-order valence-corrected chi connectivity index (χ2v) is 6.69. The van der Waals surface area contributed by atoms with Crippen LogP contribution in [-0.2, 0) is 24.1 Å². The van der Waals surface area contributed by atoms with E-state index in [0.717, 1.165) is 24.0 Å². The number of aryl methyl sites for hydroxylation is 1. The lowest BCUT2D eigenvalue weighted by atomic mass is 9.87. The Morgan fingerprint density at radius 2 is 1.79 bits per heavy atom. The lowest BCUT2D eigenvalue weighted by Crippen LogP contribution is -2.21. The van der Waals surface area contributed by atoms with Gasteiger partial charge in [-0.3, -0.25) is 4.79 Å². The Kier molecular flexibility index (Phi) is 6.53. The smallest absolute Gasteiger partial charge is 0.244 e. The van der Waals surface area contributed by atoms with Crippen molar-refractivity contribution >= 4 is 12.1 Å². The molecule has 0 bridgehead atoms. The molecule has 0 saturated heterocycles. The number of nitrogens with one attached hydrogen (secondary N) is 1. The zero-order chi connectivity index (χ0) is 19.9. The molecule has 0 saturated carbocycles. The normalized spacial score (nSPS) is 13.1. The van der Waals surface area contributed by atoms with Crippen LogP contribution in [0, 0.1) is 0 Å². The Labute approximate surface area is 165 Å². The zero-order valence-electron chi connectivity index (χ0n) is 16.6. The highest BCUT2D eigenvalue weighted by Gasteiger charge is 2.15. The Hall–Kier alpha value is -3.02. The average molecular weight is 382 g/mol. The second kappa shape index (κ2) is 9.26. The van der Waals surface area contributed by atoms with Crippen LogP contribution in [0.5, 0.6) is 17.2 Å². The Balaban J connectivity index is 1.67. The molecule has 1 aliphatic rings. The van der Waals surface area contributed by atoms with Gasteiger partial charge in [0, 0.05) is 5.56 Å². The summed E-state index contributed by atoms with van der Waals surface area (Å²) in [6.07, 6.45) is 6.45. The lowest BCUT2D eigenvalue weighted by molar-refractivity contribution is -0.120. The summed E-state index contributed by atoms with van der Waals surface area (Å²) < 4.78 is 16.0. The predicted molar refractivity (Wildman–Crippen MR) is 109 cm³/mol. The number of hydrogen-bond acceptors (Lipinski definition) is 5. The topological polar surface area (TPSA) is 69.2 Å². The zero-order valence-corrected chi connectivity index (χ0v) is 16.6. The van der Waals surface area contributed by atoms with Gasteiger partial charge in [-0.15, -0.1) is 0 Å². The molecule has 148 valence electrons. The fourth-order valence-corrected chi connectivity index (χ4v) is 3.59. The molecule has 2 aromatic carbocycles. The summed E-state index contributed by atoms with van der Waals surface area (Å²) in [7, 11) is 4.66. The van der Waals surface area contributed by atoms with E-state index in [0.29, 0.717) is 23.7 Å². The fourth-order valence-electron chi connectivity index (χ4n) is 3.59. The van der Waals surface area contributed by atoms with Crippen LogP contribution in [0.25, 0.3) is 0 Å². The molecular formula is C22H26N2O4. The monoisotopic (exact) mass is 382 g/mol. The number of nitrogens with zero attached hydrogens (tertiary/aromatic N) is 1. The van der Waals surface area contributed by atoms with Crippen molar-refractivity contribution in [3.05, 3.63) is 52.6 Å². The number of amides is 1. The summed E-state index contributed by atoms with van der Waals surface area (Å²) in [6, 6.07) is 9.77. The molecule has 6 heteroatoms. The Bertz CT molecular complexity index is 852. The van der Waals surface area contributed by atoms with Gasteiger partial charge < -0.3 is 14.2 Å². The van der Waals surface area contributed by atoms with E-state index in [1.807, 2.05) is 12.1 Å². The number of benzene rings is 2. The van der Waals surface area contributed by atoms with Crippen LogP contribution in [0.1, 0.15) is 35.1 Å². The molecule has 28 heavy (non-hydrogen) atoms. The molecule has 0 atom stereocenters. The minimum atomic E-state index is -0.136. The summed E-state index contributed by atoms with van der Waals surface area (Å²) in [6.45, 7) is 0. The van der Waals surface area contributed by atoms with Gasteiger partial charge in [-0.1, -0.05) is 18.2 Å². The van der Waals surface area contributed by atoms with E-state index in [2.05, 4.69) is 16.6 Å². The highest BCUT2D eigenvalue weighted by Crippen LogP contribution is 2.37. The minimum Gasteiger partial charge on any atom is -0.493 e. The van der Waals surface area contributed by atoms with Crippen molar-refractivity contribution in [3.63, 3.8) is 0 Å². The van der Waals surface area contributed by atoms with E-state index in [9.17, 15) is 4.79 Å². The number of carbonyl (C=O) groups excluding carboxylic acids is 1. The van der Waals surface area contributed by atoms with Crippen molar-refractivity contribution in [2.24, 2.45) is 5.10 Å². The van der Waals surface area contributed by atoms with Crippen molar-refractivity contribution in [2.75, 3.05) is 21.3 Å². The van der Waals surface area contributed by atoms with E-state index in [4.69, 9.17) is 14.2 Å². The lowest BCUT2D eigenvalue weighted by Gasteiger charge is -2.18. The number of hydrazone groups is 1. The molecule has 6 nitrogen and oxygen atoms in total. The first-order valence-corrected chi connectivity index (χ1v) is 9.37. The molecule has 0 fully saturated rings. The maximum absolute atomic E-state index is 12.3. The van der Waals surface area contributed by atoms with Gasteiger partial charge in [-0.25, -0.2) is 5.43 Å². The van der Waals surface area contributed by atoms with Crippen LogP contribution >= 0.6 is 0 Å². The molecule has 1 aliphatic carbocycles. The first kappa shape index (κ1) is 19.7. The molecular weight excluding hydrogens is 356 g/mol. The third-order valence-electron chi connectivity index (χ3n) is 4.93. The molecule has 0 heterocycles. The molecule has 0 spiro atoms. The molecule has 0 radical (unpaired) electrons. The third-order valence-corrected chi connectivity index (χ3v) is 4.93. The van der Waals surface area contributed by atoms with Gasteiger partial charge in [0.15, 0.2) is 11.5 Å². The maximum Gasteiger partial charge on any atom is 0.244 e. The van der Waals surface area contributed by atoms with Crippen molar-refractivity contribution in [1.29, 1.82) is 0 Å². The van der Waals surface area contributed by atoms with E-state index in [1.54, 1.807) is 39.7 Å². The number of carbonyl (C=O) groups is 1. The molecule has 1 amide bonds. The van der Waals surface area contributed by atoms with Crippen molar-refractivity contribution in [1.82, 2.24) is 5.43 Å². The van der Waals surface area contributed by atoms with Gasteiger partial charge in [0.25, 0.3) is 0 Å². The van der Waals surface area contributed by atoms with Crippen LogP contribution < -0.4 is 19.6 Å². The summed E-state index contributed by atoms with van der Waals surface area (Å²) in [4.78, 5) is 12.3. The van der Waals surface area contributed by atoms with E-state index < -0.39 is 0 Å². The second-order valence-electron chi connectivity index (χ2n) is 6.69. The molecule has 0 aliphatic heterocycles. The van der Waals surface area contributed by atoms with Crippen LogP contribution in [0.4, 0.5) is 0 Å². The van der Waals surface area contributed by atoms with Gasteiger partial charge in [0.05, 0.1) is 34.0 Å². The van der Waals surface area contributed by atoms with Gasteiger partial charge in [0.1, 0.15) is 0 Å². The minimum absolute atomic E-state index is 0.136. The van der Waals surface area contributed by atoms with Crippen LogP contribution in [-0.4, -0.2) is 33.5 Å².